The van der Waals surface area contributed by atoms with Crippen molar-refractivity contribution in [1.29, 1.82) is 0 Å². The van der Waals surface area contributed by atoms with Gasteiger partial charge in [-0.2, -0.15) is 0 Å². The summed E-state index contributed by atoms with van der Waals surface area (Å²) in [7, 11) is 0. The first kappa shape index (κ1) is 14.6. The minimum Gasteiger partial charge on any atom is -0.488 e. The van der Waals surface area contributed by atoms with Crippen LogP contribution < -0.4 is 10.5 Å². The van der Waals surface area contributed by atoms with Gasteiger partial charge in [-0.25, -0.2) is 0 Å². The largest absolute Gasteiger partial charge is 0.488 e. The molecule has 2 N–H and O–H groups in total. The van der Waals surface area contributed by atoms with Gasteiger partial charge in [-0.3, -0.25) is 0 Å². The Hall–Kier alpha value is -1.80. The number of nitrogens with two attached hydrogens (primary N) is 1. The van der Waals surface area contributed by atoms with Crippen molar-refractivity contribution in [2.75, 3.05) is 0 Å². The summed E-state index contributed by atoms with van der Waals surface area (Å²) in [6.07, 6.45) is 0.863. The topological polar surface area (TPSA) is 35.2 Å². The smallest absolute Gasteiger partial charge is 0.120 e. The highest BCUT2D eigenvalue weighted by Crippen LogP contribution is 2.24. The van der Waals surface area contributed by atoms with Gasteiger partial charge in [-0.05, 0) is 49.1 Å². The van der Waals surface area contributed by atoms with Gasteiger partial charge in [0.15, 0.2) is 0 Å². The standard InChI is InChI=1S/C18H23NO/c1-4-17(18(19)15-8-6-5-7-9-15)20-16-11-13(2)10-14(3)12-16/h5-12,17-18H,4,19H2,1-3H3. The molecule has 2 nitrogen and oxygen atoms in total. The molecule has 0 spiro atoms. The molecule has 2 aromatic carbocycles. The molecule has 2 aromatic rings. The van der Waals surface area contributed by atoms with Gasteiger partial charge in [-0.1, -0.05) is 43.3 Å². The van der Waals surface area contributed by atoms with Crippen LogP contribution in [0.5, 0.6) is 5.75 Å². The van der Waals surface area contributed by atoms with E-state index in [1.807, 2.05) is 18.2 Å². The zero-order chi connectivity index (χ0) is 14.5. The molecule has 0 saturated carbocycles. The maximum absolute atomic E-state index is 6.35. The van der Waals surface area contributed by atoms with Gasteiger partial charge in [0.2, 0.25) is 0 Å². The second kappa shape index (κ2) is 6.58. The van der Waals surface area contributed by atoms with Crippen LogP contribution in [0.4, 0.5) is 0 Å². The molecular formula is C18H23NO. The van der Waals surface area contributed by atoms with Gasteiger partial charge >= 0.3 is 0 Å². The molecular weight excluding hydrogens is 246 g/mol. The number of benzene rings is 2. The van der Waals surface area contributed by atoms with Gasteiger partial charge in [0.05, 0.1) is 6.04 Å². The highest BCUT2D eigenvalue weighted by molar-refractivity contribution is 5.33. The summed E-state index contributed by atoms with van der Waals surface area (Å²) >= 11 is 0. The second-order valence-electron chi connectivity index (χ2n) is 5.32. The Morgan fingerprint density at radius 3 is 2.15 bits per heavy atom. The summed E-state index contributed by atoms with van der Waals surface area (Å²) in [5, 5.41) is 0. The Morgan fingerprint density at radius 1 is 1.00 bits per heavy atom. The molecule has 0 amide bonds. The molecule has 0 saturated heterocycles. The van der Waals surface area contributed by atoms with Gasteiger partial charge in [0, 0.05) is 0 Å². The molecule has 0 aromatic heterocycles. The number of hydrogen-bond acceptors (Lipinski definition) is 2. The Bertz CT molecular complexity index is 530. The fraction of sp³-hybridized carbons (Fsp3) is 0.333. The van der Waals surface area contributed by atoms with E-state index in [1.54, 1.807) is 0 Å². The number of rotatable bonds is 5. The van der Waals surface area contributed by atoms with Gasteiger partial charge in [0.1, 0.15) is 11.9 Å². The second-order valence-corrected chi connectivity index (χ2v) is 5.32. The monoisotopic (exact) mass is 269 g/mol. The minimum atomic E-state index is -0.109. The normalized spacial score (nSPS) is 13.8. The first-order chi connectivity index (χ1) is 9.60. The molecule has 2 atom stereocenters. The molecule has 0 radical (unpaired) electrons. The van der Waals surface area contributed by atoms with Crippen molar-refractivity contribution in [3.8, 4) is 5.75 Å². The van der Waals surface area contributed by atoms with E-state index in [-0.39, 0.29) is 12.1 Å². The Morgan fingerprint density at radius 2 is 1.60 bits per heavy atom. The van der Waals surface area contributed by atoms with Crippen molar-refractivity contribution in [3.05, 3.63) is 65.2 Å². The van der Waals surface area contributed by atoms with Crippen LogP contribution in [-0.4, -0.2) is 6.10 Å². The number of aryl methyl sites for hydroxylation is 2. The van der Waals surface area contributed by atoms with Crippen LogP contribution in [-0.2, 0) is 0 Å². The van der Waals surface area contributed by atoms with Gasteiger partial charge in [0.25, 0.3) is 0 Å². The van der Waals surface area contributed by atoms with E-state index in [4.69, 9.17) is 10.5 Å². The number of hydrogen-bond donors (Lipinski definition) is 1. The molecule has 0 aliphatic carbocycles. The lowest BCUT2D eigenvalue weighted by Gasteiger charge is -2.24. The van der Waals surface area contributed by atoms with Crippen LogP contribution in [0, 0.1) is 13.8 Å². The van der Waals surface area contributed by atoms with E-state index in [1.165, 1.54) is 11.1 Å². The lowest BCUT2D eigenvalue weighted by atomic mass is 10.0. The van der Waals surface area contributed by atoms with E-state index < -0.39 is 0 Å². The zero-order valence-corrected chi connectivity index (χ0v) is 12.5. The summed E-state index contributed by atoms with van der Waals surface area (Å²) in [4.78, 5) is 0. The van der Waals surface area contributed by atoms with Crippen molar-refractivity contribution in [3.63, 3.8) is 0 Å². The molecule has 20 heavy (non-hydrogen) atoms. The lowest BCUT2D eigenvalue weighted by Crippen LogP contribution is -2.30. The van der Waals surface area contributed by atoms with Gasteiger partial charge in [-0.15, -0.1) is 0 Å². The van der Waals surface area contributed by atoms with Crippen molar-refractivity contribution < 1.29 is 4.74 Å². The van der Waals surface area contributed by atoms with E-state index in [2.05, 4.69) is 51.1 Å². The van der Waals surface area contributed by atoms with Crippen LogP contribution >= 0.6 is 0 Å². The van der Waals surface area contributed by atoms with Crippen molar-refractivity contribution >= 4 is 0 Å². The first-order valence-corrected chi connectivity index (χ1v) is 7.15. The van der Waals surface area contributed by atoms with Crippen LogP contribution in [0.2, 0.25) is 0 Å². The highest BCUT2D eigenvalue weighted by atomic mass is 16.5. The first-order valence-electron chi connectivity index (χ1n) is 7.15. The molecule has 0 aliphatic rings. The van der Waals surface area contributed by atoms with Crippen LogP contribution in [0.3, 0.4) is 0 Å². The molecule has 0 fully saturated rings. The quantitative estimate of drug-likeness (QED) is 0.884. The molecule has 0 aliphatic heterocycles. The third-order valence-electron chi connectivity index (χ3n) is 3.47. The lowest BCUT2D eigenvalue weighted by molar-refractivity contribution is 0.166. The minimum absolute atomic E-state index is 0.0152. The molecule has 0 heterocycles. The van der Waals surface area contributed by atoms with E-state index in [0.717, 1.165) is 17.7 Å². The fourth-order valence-corrected chi connectivity index (χ4v) is 2.48. The molecule has 2 heteroatoms. The van der Waals surface area contributed by atoms with Crippen LogP contribution in [0.1, 0.15) is 36.1 Å². The van der Waals surface area contributed by atoms with E-state index in [0.29, 0.717) is 0 Å². The number of ether oxygens (including phenoxy) is 1. The fourth-order valence-electron chi connectivity index (χ4n) is 2.48. The molecule has 2 unspecified atom stereocenters. The van der Waals surface area contributed by atoms with Crippen LogP contribution in [0.25, 0.3) is 0 Å². The Labute approximate surface area is 121 Å². The molecule has 2 rings (SSSR count). The predicted octanol–water partition coefficient (Wildman–Crippen LogP) is 4.16. The summed E-state index contributed by atoms with van der Waals surface area (Å²) in [5.41, 5.74) is 9.89. The summed E-state index contributed by atoms with van der Waals surface area (Å²) in [5.74, 6) is 0.903. The average Bonchev–Trinajstić information content (AvgIpc) is 2.44. The third kappa shape index (κ3) is 3.61. The summed E-state index contributed by atoms with van der Waals surface area (Å²) < 4.78 is 6.12. The van der Waals surface area contributed by atoms with Gasteiger partial charge < -0.3 is 10.5 Å². The van der Waals surface area contributed by atoms with E-state index >= 15 is 0 Å². The summed E-state index contributed by atoms with van der Waals surface area (Å²) in [6, 6.07) is 16.3. The van der Waals surface area contributed by atoms with Crippen molar-refractivity contribution in [2.45, 2.75) is 39.3 Å². The Balaban J connectivity index is 2.16. The summed E-state index contributed by atoms with van der Waals surface area (Å²) in [6.45, 7) is 6.27. The van der Waals surface area contributed by atoms with Crippen molar-refractivity contribution in [1.82, 2.24) is 0 Å². The maximum Gasteiger partial charge on any atom is 0.120 e. The van der Waals surface area contributed by atoms with Crippen LogP contribution in [0.15, 0.2) is 48.5 Å². The SMILES string of the molecule is CCC(Oc1cc(C)cc(C)c1)C(N)c1ccccc1. The van der Waals surface area contributed by atoms with Crippen molar-refractivity contribution in [2.24, 2.45) is 5.73 Å². The third-order valence-corrected chi connectivity index (χ3v) is 3.47. The highest BCUT2D eigenvalue weighted by Gasteiger charge is 2.19. The predicted molar refractivity (Wildman–Crippen MR) is 84.0 cm³/mol. The molecule has 0 bridgehead atoms. The molecule has 106 valence electrons. The van der Waals surface area contributed by atoms with E-state index in [9.17, 15) is 0 Å². The average molecular weight is 269 g/mol. The maximum atomic E-state index is 6.35. The Kier molecular flexibility index (Phi) is 4.80. The zero-order valence-electron chi connectivity index (χ0n) is 12.5.